The number of benzene rings is 2. The van der Waals surface area contributed by atoms with Crippen molar-refractivity contribution in [2.24, 2.45) is 0 Å². The molecule has 142 valence electrons. The lowest BCUT2D eigenvalue weighted by molar-refractivity contribution is -0.144. The van der Waals surface area contributed by atoms with E-state index in [2.05, 4.69) is 5.32 Å². The van der Waals surface area contributed by atoms with Gasteiger partial charge in [-0.05, 0) is 48.4 Å². The molecule has 2 N–H and O–H groups in total. The van der Waals surface area contributed by atoms with Gasteiger partial charge in [0.2, 0.25) is 0 Å². The standard InChI is InChI=1S/C20H20ClNO5/c1-13(15-4-3-5-16(21)11-15)22-19(24)12-27-20(25)9-7-14-6-8-17(23)18(10-14)26-2/h3-11,13,23H,12H2,1-2H3,(H,22,24)/b9-7+/t13-/m0/s1. The van der Waals surface area contributed by atoms with Crippen molar-refractivity contribution in [1.82, 2.24) is 5.32 Å². The highest BCUT2D eigenvalue weighted by Crippen LogP contribution is 2.26. The van der Waals surface area contributed by atoms with Crippen molar-refractivity contribution in [3.8, 4) is 11.5 Å². The normalized spacial score (nSPS) is 11.8. The van der Waals surface area contributed by atoms with E-state index < -0.39 is 18.5 Å². The zero-order valence-electron chi connectivity index (χ0n) is 14.9. The minimum absolute atomic E-state index is 0.00252. The van der Waals surface area contributed by atoms with E-state index in [1.165, 1.54) is 25.3 Å². The Morgan fingerprint density at radius 1 is 1.26 bits per heavy atom. The predicted octanol–water partition coefficient (Wildman–Crippen LogP) is 3.49. The summed E-state index contributed by atoms with van der Waals surface area (Å²) in [6, 6.07) is 11.5. The van der Waals surface area contributed by atoms with Gasteiger partial charge in [0.25, 0.3) is 5.91 Å². The van der Waals surface area contributed by atoms with Gasteiger partial charge in [-0.15, -0.1) is 0 Å². The summed E-state index contributed by atoms with van der Waals surface area (Å²) in [5.41, 5.74) is 1.49. The number of halogens is 1. The fourth-order valence-electron chi connectivity index (χ4n) is 2.29. The maximum atomic E-state index is 11.9. The SMILES string of the molecule is COc1cc(/C=C/C(=O)OCC(=O)N[C@@H](C)c2cccc(Cl)c2)ccc1O. The third-order valence-electron chi connectivity index (χ3n) is 3.69. The summed E-state index contributed by atoms with van der Waals surface area (Å²) in [5, 5.41) is 12.8. The number of phenols is 1. The van der Waals surface area contributed by atoms with Gasteiger partial charge in [-0.1, -0.05) is 29.8 Å². The summed E-state index contributed by atoms with van der Waals surface area (Å²) >= 11 is 5.93. The van der Waals surface area contributed by atoms with Crippen LogP contribution in [0.25, 0.3) is 6.08 Å². The fourth-order valence-corrected chi connectivity index (χ4v) is 2.49. The second-order valence-corrected chi connectivity index (χ2v) is 6.15. The number of phenolic OH excluding ortho intramolecular Hbond substituents is 1. The predicted molar refractivity (Wildman–Crippen MR) is 103 cm³/mol. The van der Waals surface area contributed by atoms with Crippen molar-refractivity contribution in [2.45, 2.75) is 13.0 Å². The second kappa shape index (κ2) is 9.64. The molecular weight excluding hydrogens is 370 g/mol. The molecule has 0 aliphatic rings. The number of esters is 1. The first-order chi connectivity index (χ1) is 12.9. The average molecular weight is 390 g/mol. The largest absolute Gasteiger partial charge is 0.504 e. The van der Waals surface area contributed by atoms with Gasteiger partial charge in [0.1, 0.15) is 0 Å². The van der Waals surface area contributed by atoms with Crippen LogP contribution in [0.5, 0.6) is 11.5 Å². The first-order valence-electron chi connectivity index (χ1n) is 8.15. The smallest absolute Gasteiger partial charge is 0.331 e. The molecule has 0 aliphatic carbocycles. The molecule has 2 aromatic carbocycles. The van der Waals surface area contributed by atoms with Crippen LogP contribution in [0.2, 0.25) is 5.02 Å². The first kappa shape index (κ1) is 20.3. The van der Waals surface area contributed by atoms with E-state index in [0.717, 1.165) is 5.56 Å². The monoisotopic (exact) mass is 389 g/mol. The van der Waals surface area contributed by atoms with Gasteiger partial charge in [-0.25, -0.2) is 4.79 Å². The molecule has 0 radical (unpaired) electrons. The van der Waals surface area contributed by atoms with Crippen LogP contribution in [-0.4, -0.2) is 30.7 Å². The lowest BCUT2D eigenvalue weighted by Gasteiger charge is -2.14. The van der Waals surface area contributed by atoms with Crippen LogP contribution in [0.15, 0.2) is 48.5 Å². The van der Waals surface area contributed by atoms with Crippen molar-refractivity contribution < 1.29 is 24.2 Å². The van der Waals surface area contributed by atoms with E-state index in [1.807, 2.05) is 13.0 Å². The topological polar surface area (TPSA) is 84.9 Å². The van der Waals surface area contributed by atoms with E-state index >= 15 is 0 Å². The molecule has 0 aliphatic heterocycles. The summed E-state index contributed by atoms with van der Waals surface area (Å²) in [7, 11) is 1.43. The summed E-state index contributed by atoms with van der Waals surface area (Å²) in [4.78, 5) is 23.7. The lowest BCUT2D eigenvalue weighted by atomic mass is 10.1. The van der Waals surface area contributed by atoms with E-state index in [1.54, 1.807) is 30.3 Å². The van der Waals surface area contributed by atoms with Gasteiger partial charge in [-0.2, -0.15) is 0 Å². The van der Waals surface area contributed by atoms with Crippen molar-refractivity contribution >= 4 is 29.6 Å². The maximum absolute atomic E-state index is 11.9. The zero-order chi connectivity index (χ0) is 19.8. The number of methoxy groups -OCH3 is 1. The van der Waals surface area contributed by atoms with E-state index in [0.29, 0.717) is 16.3 Å². The fraction of sp³-hybridized carbons (Fsp3) is 0.200. The number of nitrogens with one attached hydrogen (secondary N) is 1. The van der Waals surface area contributed by atoms with Gasteiger partial charge in [0, 0.05) is 11.1 Å². The van der Waals surface area contributed by atoms with Crippen LogP contribution in [0, 0.1) is 0 Å². The Morgan fingerprint density at radius 3 is 2.74 bits per heavy atom. The van der Waals surface area contributed by atoms with Gasteiger partial charge in [0.15, 0.2) is 18.1 Å². The highest BCUT2D eigenvalue weighted by atomic mass is 35.5. The molecule has 2 aromatic rings. The van der Waals surface area contributed by atoms with Crippen LogP contribution in [0.4, 0.5) is 0 Å². The third kappa shape index (κ3) is 6.34. The average Bonchev–Trinajstić information content (AvgIpc) is 2.65. The van der Waals surface area contributed by atoms with Crippen LogP contribution in [-0.2, 0) is 14.3 Å². The van der Waals surface area contributed by atoms with Crippen LogP contribution >= 0.6 is 11.6 Å². The van der Waals surface area contributed by atoms with Crippen molar-refractivity contribution in [3.05, 3.63) is 64.7 Å². The van der Waals surface area contributed by atoms with E-state index in [9.17, 15) is 14.7 Å². The number of aromatic hydroxyl groups is 1. The van der Waals surface area contributed by atoms with Gasteiger partial charge < -0.3 is 19.9 Å². The van der Waals surface area contributed by atoms with Crippen LogP contribution < -0.4 is 10.1 Å². The van der Waals surface area contributed by atoms with Gasteiger partial charge in [0.05, 0.1) is 13.2 Å². The van der Waals surface area contributed by atoms with Gasteiger partial charge in [-0.3, -0.25) is 4.79 Å². The molecule has 7 heteroatoms. The molecule has 0 aromatic heterocycles. The molecule has 6 nitrogen and oxygen atoms in total. The Balaban J connectivity index is 1.83. The Morgan fingerprint density at radius 2 is 2.04 bits per heavy atom. The highest BCUT2D eigenvalue weighted by molar-refractivity contribution is 6.30. The Kier molecular flexibility index (Phi) is 7.25. The molecule has 0 unspecified atom stereocenters. The number of hydrogen-bond acceptors (Lipinski definition) is 5. The molecule has 1 amide bonds. The van der Waals surface area contributed by atoms with Crippen molar-refractivity contribution in [3.63, 3.8) is 0 Å². The van der Waals surface area contributed by atoms with Crippen LogP contribution in [0.1, 0.15) is 24.1 Å². The Hall–Kier alpha value is -2.99. The maximum Gasteiger partial charge on any atom is 0.331 e. The summed E-state index contributed by atoms with van der Waals surface area (Å²) in [5.74, 6) is -0.786. The molecule has 0 fully saturated rings. The molecule has 1 atom stereocenters. The summed E-state index contributed by atoms with van der Waals surface area (Å²) < 4.78 is 9.91. The third-order valence-corrected chi connectivity index (χ3v) is 3.92. The molecular formula is C20H20ClNO5. The number of rotatable bonds is 7. The number of amides is 1. The summed E-state index contributed by atoms with van der Waals surface area (Å²) in [6.07, 6.45) is 2.69. The van der Waals surface area contributed by atoms with Crippen molar-refractivity contribution in [2.75, 3.05) is 13.7 Å². The quantitative estimate of drug-likeness (QED) is 0.559. The molecule has 2 rings (SSSR count). The van der Waals surface area contributed by atoms with Gasteiger partial charge >= 0.3 is 5.97 Å². The van der Waals surface area contributed by atoms with Crippen LogP contribution in [0.3, 0.4) is 0 Å². The van der Waals surface area contributed by atoms with E-state index in [4.69, 9.17) is 21.1 Å². The number of ether oxygens (including phenoxy) is 2. The summed E-state index contributed by atoms with van der Waals surface area (Å²) in [6.45, 7) is 1.41. The highest BCUT2D eigenvalue weighted by Gasteiger charge is 2.11. The Bertz CT molecular complexity index is 850. The number of carbonyl (C=O) groups is 2. The number of hydrogen-bond donors (Lipinski definition) is 2. The lowest BCUT2D eigenvalue weighted by Crippen LogP contribution is -2.30. The van der Waals surface area contributed by atoms with E-state index in [-0.39, 0.29) is 11.8 Å². The molecule has 0 bridgehead atoms. The molecule has 27 heavy (non-hydrogen) atoms. The number of carbonyl (C=O) groups excluding carboxylic acids is 2. The first-order valence-corrected chi connectivity index (χ1v) is 8.53. The van der Waals surface area contributed by atoms with Crippen molar-refractivity contribution in [1.29, 1.82) is 0 Å². The second-order valence-electron chi connectivity index (χ2n) is 5.72. The molecule has 0 saturated carbocycles. The molecule has 0 saturated heterocycles. The molecule has 0 heterocycles. The minimum Gasteiger partial charge on any atom is -0.504 e. The zero-order valence-corrected chi connectivity index (χ0v) is 15.7. The molecule has 0 spiro atoms. The minimum atomic E-state index is -0.660. The Labute approximate surface area is 162 Å².